The quantitative estimate of drug-likeness (QED) is 0.788. The van der Waals surface area contributed by atoms with Crippen molar-refractivity contribution in [3.05, 3.63) is 48.0 Å². The van der Waals surface area contributed by atoms with Crippen LogP contribution in [0.15, 0.2) is 42.5 Å². The number of esters is 1. The average Bonchev–Trinajstić information content (AvgIpc) is 2.54. The Labute approximate surface area is 124 Å². The first-order valence-electron chi connectivity index (χ1n) is 6.69. The van der Waals surface area contributed by atoms with Gasteiger partial charge in [-0.15, -0.1) is 0 Å². The molecule has 0 aromatic heterocycles. The Balaban J connectivity index is 2.67. The van der Waals surface area contributed by atoms with Gasteiger partial charge in [0, 0.05) is 11.6 Å². The molecule has 2 aromatic rings. The van der Waals surface area contributed by atoms with Crippen LogP contribution in [0.1, 0.15) is 17.3 Å². The first-order chi connectivity index (χ1) is 10.2. The van der Waals surface area contributed by atoms with E-state index >= 15 is 0 Å². The molecule has 0 fully saturated rings. The molecule has 0 unspecified atom stereocenters. The van der Waals surface area contributed by atoms with Gasteiger partial charge in [-0.2, -0.15) is 0 Å². The van der Waals surface area contributed by atoms with Crippen LogP contribution in [0.5, 0.6) is 11.5 Å². The summed E-state index contributed by atoms with van der Waals surface area (Å²) in [5, 5.41) is 0. The third kappa shape index (κ3) is 3.16. The second kappa shape index (κ2) is 6.79. The van der Waals surface area contributed by atoms with E-state index in [9.17, 15) is 4.79 Å². The first-order valence-corrected chi connectivity index (χ1v) is 6.69. The molecule has 0 saturated heterocycles. The molecule has 0 aliphatic carbocycles. The van der Waals surface area contributed by atoms with Crippen molar-refractivity contribution >= 4 is 5.97 Å². The van der Waals surface area contributed by atoms with Gasteiger partial charge in [0.2, 0.25) is 0 Å². The van der Waals surface area contributed by atoms with E-state index < -0.39 is 5.97 Å². The molecule has 2 aromatic carbocycles. The van der Waals surface area contributed by atoms with Crippen LogP contribution in [0, 0.1) is 0 Å². The highest BCUT2D eigenvalue weighted by Gasteiger charge is 2.21. The van der Waals surface area contributed by atoms with Crippen LogP contribution in [0.3, 0.4) is 0 Å². The number of carbonyl (C=O) groups is 1. The molecule has 110 valence electrons. The zero-order valence-electron chi connectivity index (χ0n) is 12.4. The highest BCUT2D eigenvalue weighted by Crippen LogP contribution is 2.35. The molecule has 21 heavy (non-hydrogen) atoms. The predicted octanol–water partition coefficient (Wildman–Crippen LogP) is 3.55. The number of ether oxygens (including phenoxy) is 3. The topological polar surface area (TPSA) is 44.8 Å². The van der Waals surface area contributed by atoms with Gasteiger partial charge in [0.1, 0.15) is 17.1 Å². The van der Waals surface area contributed by atoms with Gasteiger partial charge in [0.25, 0.3) is 0 Å². The molecule has 0 bridgehead atoms. The molecule has 0 radical (unpaired) electrons. The van der Waals surface area contributed by atoms with Crippen LogP contribution in [0.4, 0.5) is 0 Å². The number of hydrogen-bond acceptors (Lipinski definition) is 4. The molecular formula is C17H18O4. The lowest BCUT2D eigenvalue weighted by Gasteiger charge is -2.15. The molecule has 0 aliphatic rings. The van der Waals surface area contributed by atoms with E-state index in [1.165, 1.54) is 7.11 Å². The van der Waals surface area contributed by atoms with Gasteiger partial charge in [-0.05, 0) is 18.6 Å². The number of methoxy groups -OCH3 is 2. The van der Waals surface area contributed by atoms with Crippen molar-refractivity contribution in [3.8, 4) is 22.6 Å². The fraction of sp³-hybridized carbons (Fsp3) is 0.235. The second-order valence-corrected chi connectivity index (χ2v) is 4.34. The van der Waals surface area contributed by atoms with E-state index in [2.05, 4.69) is 0 Å². The van der Waals surface area contributed by atoms with Crippen molar-refractivity contribution in [3.63, 3.8) is 0 Å². The van der Waals surface area contributed by atoms with Gasteiger partial charge >= 0.3 is 5.97 Å². The van der Waals surface area contributed by atoms with E-state index in [1.54, 1.807) is 20.1 Å². The summed E-state index contributed by atoms with van der Waals surface area (Å²) in [7, 11) is 3.10. The molecular weight excluding hydrogens is 268 g/mol. The minimum absolute atomic E-state index is 0.308. The molecule has 0 aliphatic heterocycles. The van der Waals surface area contributed by atoms with Crippen molar-refractivity contribution in [1.82, 2.24) is 0 Å². The summed E-state index contributed by atoms with van der Waals surface area (Å²) in [6.07, 6.45) is 0. The fourth-order valence-electron chi connectivity index (χ4n) is 2.13. The van der Waals surface area contributed by atoms with Gasteiger partial charge in [0.05, 0.1) is 20.8 Å². The Bertz CT molecular complexity index is 620. The predicted molar refractivity (Wildman–Crippen MR) is 80.9 cm³/mol. The summed E-state index contributed by atoms with van der Waals surface area (Å²) in [4.78, 5) is 12.3. The molecule has 0 spiro atoms. The van der Waals surface area contributed by atoms with Crippen LogP contribution < -0.4 is 9.47 Å². The van der Waals surface area contributed by atoms with E-state index in [0.717, 1.165) is 11.1 Å². The molecule has 2 rings (SSSR count). The average molecular weight is 286 g/mol. The minimum Gasteiger partial charge on any atom is -0.497 e. The largest absolute Gasteiger partial charge is 0.497 e. The smallest absolute Gasteiger partial charge is 0.342 e. The first kappa shape index (κ1) is 14.9. The van der Waals surface area contributed by atoms with Gasteiger partial charge in [0.15, 0.2) is 0 Å². The number of carbonyl (C=O) groups excluding carboxylic acids is 1. The van der Waals surface area contributed by atoms with E-state index in [0.29, 0.717) is 23.7 Å². The highest BCUT2D eigenvalue weighted by atomic mass is 16.5. The van der Waals surface area contributed by atoms with E-state index in [4.69, 9.17) is 14.2 Å². The van der Waals surface area contributed by atoms with Crippen molar-refractivity contribution in [2.24, 2.45) is 0 Å². The number of benzene rings is 2. The summed E-state index contributed by atoms with van der Waals surface area (Å²) in [6.45, 7) is 2.08. The minimum atomic E-state index is -0.407. The molecule has 4 nitrogen and oxygen atoms in total. The maximum atomic E-state index is 12.3. The molecule has 0 atom stereocenters. The van der Waals surface area contributed by atoms with Crippen molar-refractivity contribution < 1.29 is 19.0 Å². The normalized spacial score (nSPS) is 10.0. The maximum absolute atomic E-state index is 12.3. The molecule has 0 amide bonds. The van der Waals surface area contributed by atoms with Gasteiger partial charge < -0.3 is 14.2 Å². The second-order valence-electron chi connectivity index (χ2n) is 4.34. The van der Waals surface area contributed by atoms with Gasteiger partial charge in [-0.25, -0.2) is 4.79 Å². The Morgan fingerprint density at radius 3 is 2.33 bits per heavy atom. The van der Waals surface area contributed by atoms with E-state index in [-0.39, 0.29) is 0 Å². The third-order valence-electron chi connectivity index (χ3n) is 3.10. The molecule has 0 heterocycles. The lowest BCUT2D eigenvalue weighted by atomic mass is 9.98. The number of rotatable bonds is 5. The van der Waals surface area contributed by atoms with Gasteiger partial charge in [-0.1, -0.05) is 30.3 Å². The van der Waals surface area contributed by atoms with Crippen molar-refractivity contribution in [2.75, 3.05) is 20.8 Å². The fourth-order valence-corrected chi connectivity index (χ4v) is 2.13. The summed E-state index contributed by atoms with van der Waals surface area (Å²) in [5.41, 5.74) is 2.04. The Morgan fingerprint density at radius 2 is 1.76 bits per heavy atom. The third-order valence-corrected chi connectivity index (χ3v) is 3.10. The lowest BCUT2D eigenvalue weighted by molar-refractivity contribution is 0.0523. The van der Waals surface area contributed by atoms with E-state index in [1.807, 2.05) is 36.4 Å². The molecule has 0 N–H and O–H groups in total. The molecule has 0 saturated carbocycles. The molecule has 4 heteroatoms. The Kier molecular flexibility index (Phi) is 4.82. The highest BCUT2D eigenvalue weighted by molar-refractivity contribution is 6.00. The SMILES string of the molecule is CCOC(=O)c1c(OC)cc(OC)cc1-c1ccccc1. The maximum Gasteiger partial charge on any atom is 0.342 e. The van der Waals surface area contributed by atoms with Crippen molar-refractivity contribution in [1.29, 1.82) is 0 Å². The zero-order valence-corrected chi connectivity index (χ0v) is 12.4. The Hall–Kier alpha value is -2.49. The van der Waals surface area contributed by atoms with Crippen LogP contribution in [-0.4, -0.2) is 26.8 Å². The summed E-state index contributed by atoms with van der Waals surface area (Å²) in [5.74, 6) is 0.654. The van der Waals surface area contributed by atoms with Crippen LogP contribution >= 0.6 is 0 Å². The number of hydrogen-bond donors (Lipinski definition) is 0. The lowest BCUT2D eigenvalue weighted by Crippen LogP contribution is -2.09. The zero-order chi connectivity index (χ0) is 15.2. The van der Waals surface area contributed by atoms with Crippen molar-refractivity contribution in [2.45, 2.75) is 6.92 Å². The van der Waals surface area contributed by atoms with Crippen LogP contribution in [0.25, 0.3) is 11.1 Å². The van der Waals surface area contributed by atoms with Crippen LogP contribution in [0.2, 0.25) is 0 Å². The standard InChI is InChI=1S/C17H18O4/c1-4-21-17(18)16-14(12-8-6-5-7-9-12)10-13(19-2)11-15(16)20-3/h5-11H,4H2,1-3H3. The van der Waals surface area contributed by atoms with Gasteiger partial charge in [-0.3, -0.25) is 0 Å². The summed E-state index contributed by atoms with van der Waals surface area (Å²) in [6, 6.07) is 13.1. The monoisotopic (exact) mass is 286 g/mol. The summed E-state index contributed by atoms with van der Waals surface area (Å²) < 4.78 is 15.8. The van der Waals surface area contributed by atoms with Crippen LogP contribution in [-0.2, 0) is 4.74 Å². The summed E-state index contributed by atoms with van der Waals surface area (Å²) >= 11 is 0. The Morgan fingerprint density at radius 1 is 1.05 bits per heavy atom.